The first-order valence-electron chi connectivity index (χ1n) is 15.0. The van der Waals surface area contributed by atoms with Crippen molar-refractivity contribution < 1.29 is 14.4 Å². The molecule has 3 aromatic rings. The summed E-state index contributed by atoms with van der Waals surface area (Å²) < 4.78 is 1.93. The van der Waals surface area contributed by atoms with Crippen molar-refractivity contribution in [1.29, 1.82) is 0 Å². The first kappa shape index (κ1) is 38.8. The van der Waals surface area contributed by atoms with E-state index in [2.05, 4.69) is 20.9 Å². The number of aromatic nitrogens is 2. The highest BCUT2D eigenvalue weighted by Gasteiger charge is 2.28. The van der Waals surface area contributed by atoms with E-state index in [4.69, 9.17) is 5.73 Å². The zero-order valence-corrected chi connectivity index (χ0v) is 27.5. The minimum atomic E-state index is -1.00. The van der Waals surface area contributed by atoms with Crippen molar-refractivity contribution in [1.82, 2.24) is 25.5 Å². The molecule has 2 aromatic carbocycles. The molecule has 1 heterocycles. The average molecular weight is 648 g/mol. The van der Waals surface area contributed by atoms with Gasteiger partial charge in [0.25, 0.3) is 0 Å². The van der Waals surface area contributed by atoms with Crippen molar-refractivity contribution in [2.45, 2.75) is 84.0 Å². The van der Waals surface area contributed by atoms with Crippen molar-refractivity contribution in [2.75, 3.05) is 6.54 Å². The van der Waals surface area contributed by atoms with E-state index in [0.29, 0.717) is 31.6 Å². The van der Waals surface area contributed by atoms with Crippen LogP contribution < -0.4 is 21.7 Å². The first-order valence-corrected chi connectivity index (χ1v) is 15.0. The van der Waals surface area contributed by atoms with E-state index in [1.165, 1.54) is 5.56 Å². The third-order valence-corrected chi connectivity index (χ3v) is 7.06. The highest BCUT2D eigenvalue weighted by molar-refractivity contribution is 6.01. The molecule has 0 saturated heterocycles. The number of amides is 3. The minimum absolute atomic E-state index is 0. The van der Waals surface area contributed by atoms with Gasteiger partial charge in [0.1, 0.15) is 6.04 Å². The number of nitrogens with two attached hydrogens (primary N) is 1. The summed E-state index contributed by atoms with van der Waals surface area (Å²) in [6.07, 6.45) is 7.24. The maximum atomic E-state index is 13.5. The predicted octanol–water partition coefficient (Wildman–Crippen LogP) is 4.21. The van der Waals surface area contributed by atoms with Crippen molar-refractivity contribution in [3.8, 4) is 0 Å². The van der Waals surface area contributed by atoms with E-state index < -0.39 is 35.8 Å². The van der Waals surface area contributed by atoms with Gasteiger partial charge in [0.15, 0.2) is 0 Å². The molecule has 0 fully saturated rings. The summed E-state index contributed by atoms with van der Waals surface area (Å²) in [6, 6.07) is 17.7. The summed E-state index contributed by atoms with van der Waals surface area (Å²) >= 11 is 0. The number of benzene rings is 2. The molecule has 9 nitrogen and oxygen atoms in total. The molecule has 242 valence electrons. The molecular weight excluding hydrogens is 599 g/mol. The van der Waals surface area contributed by atoms with Crippen LogP contribution in [0.4, 0.5) is 0 Å². The SMILES string of the molecule is CCCC[C@H](N)C(=O)N[C@@H](Cc1cn(Cc2ccccc2)cn1)C(=O)NC(=O)[C@H](CC(C)C)NCCc1ccccc1.Cl.Cl. The van der Waals surface area contributed by atoms with Crippen LogP contribution in [0.5, 0.6) is 0 Å². The lowest BCUT2D eigenvalue weighted by Gasteiger charge is -2.23. The Morgan fingerprint density at radius 1 is 0.886 bits per heavy atom. The number of imidazole rings is 1. The van der Waals surface area contributed by atoms with Gasteiger partial charge in [0, 0.05) is 19.2 Å². The molecule has 0 aliphatic carbocycles. The van der Waals surface area contributed by atoms with Crippen LogP contribution in [0.25, 0.3) is 0 Å². The zero-order valence-electron chi connectivity index (χ0n) is 25.9. The second-order valence-corrected chi connectivity index (χ2v) is 11.3. The van der Waals surface area contributed by atoms with Gasteiger partial charge < -0.3 is 20.9 Å². The van der Waals surface area contributed by atoms with E-state index >= 15 is 0 Å². The maximum Gasteiger partial charge on any atom is 0.249 e. The molecule has 0 aliphatic heterocycles. The van der Waals surface area contributed by atoms with E-state index in [1.807, 2.05) is 92.2 Å². The zero-order chi connectivity index (χ0) is 30.3. The summed E-state index contributed by atoms with van der Waals surface area (Å²) in [5.41, 5.74) is 9.01. The van der Waals surface area contributed by atoms with Gasteiger partial charge in [0.2, 0.25) is 17.7 Å². The summed E-state index contributed by atoms with van der Waals surface area (Å²) in [7, 11) is 0. The van der Waals surface area contributed by atoms with Gasteiger partial charge in [-0.3, -0.25) is 19.7 Å². The molecule has 1 aromatic heterocycles. The lowest BCUT2D eigenvalue weighted by Crippen LogP contribution is -2.56. The van der Waals surface area contributed by atoms with Crippen LogP contribution in [0.3, 0.4) is 0 Å². The quantitative estimate of drug-likeness (QED) is 0.174. The Kier molecular flexibility index (Phi) is 18.2. The molecule has 0 spiro atoms. The Labute approximate surface area is 274 Å². The van der Waals surface area contributed by atoms with Gasteiger partial charge >= 0.3 is 0 Å². The number of nitrogens with one attached hydrogen (secondary N) is 3. The van der Waals surface area contributed by atoms with Crippen LogP contribution in [0.15, 0.2) is 73.2 Å². The molecule has 0 bridgehead atoms. The maximum absolute atomic E-state index is 13.5. The Morgan fingerprint density at radius 3 is 2.11 bits per heavy atom. The molecule has 11 heteroatoms. The fourth-order valence-electron chi connectivity index (χ4n) is 4.73. The van der Waals surface area contributed by atoms with Gasteiger partial charge in [-0.2, -0.15) is 0 Å². The third-order valence-electron chi connectivity index (χ3n) is 7.06. The molecule has 0 aliphatic rings. The summed E-state index contributed by atoms with van der Waals surface area (Å²) in [5.74, 6) is -1.17. The molecule has 0 saturated carbocycles. The number of carbonyl (C=O) groups excluding carboxylic acids is 3. The van der Waals surface area contributed by atoms with E-state index in [-0.39, 0.29) is 37.2 Å². The fraction of sp³-hybridized carbons (Fsp3) is 0.455. The second kappa shape index (κ2) is 20.7. The lowest BCUT2D eigenvalue weighted by atomic mass is 10.0. The predicted molar refractivity (Wildman–Crippen MR) is 180 cm³/mol. The standard InChI is InChI=1S/C33H46N6O3.2ClH/c1-4-5-16-28(34)31(40)37-30(20-27-22-39(23-36-27)21-26-14-10-7-11-15-26)33(42)38-32(41)29(19-24(2)3)35-18-17-25-12-8-6-9-13-25;;/h6-15,22-24,28-30,35H,4-5,16-21,34H2,1-3H3,(H,37,40)(H,38,41,42);2*1H/t28-,29-,30-;;/m0../s1. The number of hydrogen-bond acceptors (Lipinski definition) is 6. The second-order valence-electron chi connectivity index (χ2n) is 11.3. The monoisotopic (exact) mass is 646 g/mol. The van der Waals surface area contributed by atoms with Crippen molar-refractivity contribution >= 4 is 42.5 Å². The summed E-state index contributed by atoms with van der Waals surface area (Å²) in [5, 5.41) is 8.66. The number of hydrogen-bond donors (Lipinski definition) is 4. The summed E-state index contributed by atoms with van der Waals surface area (Å²) in [4.78, 5) is 44.1. The van der Waals surface area contributed by atoms with Crippen LogP contribution in [0, 0.1) is 5.92 Å². The minimum Gasteiger partial charge on any atom is -0.343 e. The molecule has 3 rings (SSSR count). The number of rotatable bonds is 17. The van der Waals surface area contributed by atoms with Crippen molar-refractivity contribution in [2.24, 2.45) is 11.7 Å². The van der Waals surface area contributed by atoms with E-state index in [9.17, 15) is 14.4 Å². The van der Waals surface area contributed by atoms with Gasteiger partial charge in [-0.05, 0) is 42.9 Å². The normalized spacial score (nSPS) is 12.8. The molecule has 44 heavy (non-hydrogen) atoms. The highest BCUT2D eigenvalue weighted by atomic mass is 35.5. The molecule has 3 amide bonds. The molecule has 3 atom stereocenters. The van der Waals surface area contributed by atoms with Crippen molar-refractivity contribution in [3.05, 3.63) is 90.0 Å². The molecule has 0 radical (unpaired) electrons. The Bertz CT molecular complexity index is 1260. The van der Waals surface area contributed by atoms with Gasteiger partial charge in [-0.15, -0.1) is 24.8 Å². The van der Waals surface area contributed by atoms with Crippen LogP contribution in [-0.4, -0.2) is 51.9 Å². The van der Waals surface area contributed by atoms with Crippen LogP contribution in [0.1, 0.15) is 63.3 Å². The molecule has 0 unspecified atom stereocenters. The topological polar surface area (TPSA) is 131 Å². The number of halogens is 2. The smallest absolute Gasteiger partial charge is 0.249 e. The van der Waals surface area contributed by atoms with E-state index in [1.54, 1.807) is 6.33 Å². The first-order chi connectivity index (χ1) is 20.2. The van der Waals surface area contributed by atoms with Crippen LogP contribution in [-0.2, 0) is 33.8 Å². The van der Waals surface area contributed by atoms with Gasteiger partial charge in [-0.1, -0.05) is 94.3 Å². The fourth-order valence-corrected chi connectivity index (χ4v) is 4.73. The third kappa shape index (κ3) is 13.6. The Hall–Kier alpha value is -3.24. The number of imide groups is 1. The lowest BCUT2D eigenvalue weighted by molar-refractivity contribution is -0.135. The number of nitrogens with zero attached hydrogens (tertiary/aromatic N) is 2. The van der Waals surface area contributed by atoms with Gasteiger partial charge in [0.05, 0.1) is 24.1 Å². The van der Waals surface area contributed by atoms with Gasteiger partial charge in [-0.25, -0.2) is 4.98 Å². The van der Waals surface area contributed by atoms with Crippen LogP contribution >= 0.6 is 24.8 Å². The average Bonchev–Trinajstić information content (AvgIpc) is 3.42. The van der Waals surface area contributed by atoms with Crippen molar-refractivity contribution in [3.63, 3.8) is 0 Å². The number of unbranched alkanes of at least 4 members (excludes halogenated alkanes) is 1. The highest BCUT2D eigenvalue weighted by Crippen LogP contribution is 2.09. The molecule has 5 N–H and O–H groups in total. The summed E-state index contributed by atoms with van der Waals surface area (Å²) in [6.45, 7) is 7.32. The largest absolute Gasteiger partial charge is 0.343 e. The van der Waals surface area contributed by atoms with Crippen LogP contribution in [0.2, 0.25) is 0 Å². The molecular formula is C33H48Cl2N6O3. The Balaban J connectivity index is 0.00000484. The van der Waals surface area contributed by atoms with E-state index in [0.717, 1.165) is 24.8 Å². The Morgan fingerprint density at radius 2 is 1.50 bits per heavy atom. The number of carbonyl (C=O) groups is 3.